The Balaban J connectivity index is 1.77. The van der Waals surface area contributed by atoms with E-state index in [0.717, 1.165) is 22.1 Å². The van der Waals surface area contributed by atoms with Crippen LogP contribution in [-0.2, 0) is 0 Å². The minimum atomic E-state index is -3.56. The molecule has 6 heteroatoms. The number of rotatable bonds is 4. The number of halogens is 2. The summed E-state index contributed by atoms with van der Waals surface area (Å²) in [5.41, 5.74) is 0. The number of hydrogen-bond acceptors (Lipinski definition) is 1. The molecule has 42 heavy (non-hydrogen) atoms. The van der Waals surface area contributed by atoms with Crippen molar-refractivity contribution in [3.05, 3.63) is 170 Å². The van der Waals surface area contributed by atoms with Gasteiger partial charge in [0, 0.05) is 0 Å². The van der Waals surface area contributed by atoms with Gasteiger partial charge in [-0.05, 0) is 0 Å². The molecule has 1 heterocycles. The molecule has 210 valence electrons. The van der Waals surface area contributed by atoms with E-state index in [2.05, 4.69) is 158 Å². The Morgan fingerprint density at radius 1 is 0.333 bits per heavy atom. The molecular formula is C36H31Cl2OP3. The summed E-state index contributed by atoms with van der Waals surface area (Å²) in [7, 11) is 0. The molecule has 0 aliphatic carbocycles. The molecule has 0 bridgehead atoms. The van der Waals surface area contributed by atoms with Gasteiger partial charge >= 0.3 is 260 Å². The SMILES string of the molecule is Cl[PH]1(Cl)[PH](c2ccccc2)(c2ccccc2)c2ccccc2Oc2ccccc2[PH]1(c1ccccc1)c1ccccc1. The molecule has 1 aliphatic rings. The van der Waals surface area contributed by atoms with E-state index in [1.165, 1.54) is 21.2 Å². The summed E-state index contributed by atoms with van der Waals surface area (Å²) in [5, 5.41) is 3.49. The molecule has 0 fully saturated rings. The number of fused-ring (bicyclic) bond motifs is 2. The predicted molar refractivity (Wildman–Crippen MR) is 193 cm³/mol. The van der Waals surface area contributed by atoms with Crippen LogP contribution in [0.1, 0.15) is 0 Å². The fraction of sp³-hybridized carbons (Fsp3) is 0. The van der Waals surface area contributed by atoms with E-state index in [9.17, 15) is 0 Å². The van der Waals surface area contributed by atoms with E-state index >= 15 is 0 Å². The summed E-state index contributed by atoms with van der Waals surface area (Å²) in [6.45, 7) is -6.46. The van der Waals surface area contributed by atoms with Gasteiger partial charge in [-0.2, -0.15) is 0 Å². The van der Waals surface area contributed by atoms with Crippen LogP contribution in [0.25, 0.3) is 0 Å². The van der Waals surface area contributed by atoms with Gasteiger partial charge in [-0.3, -0.25) is 0 Å². The standard InChI is InChI=1S/C36H31Cl2OP3/c37-42(38)40(29-17-5-1-6-18-29,30-19-7-2-8-20-30)35-27-15-13-25-33(35)39-34-26-14-16-28-36(34)41(42,31-21-9-3-10-22-31)32-23-11-4-12-24-32/h1-28,40-42H. The van der Waals surface area contributed by atoms with Crippen molar-refractivity contribution < 1.29 is 4.74 Å². The molecule has 0 aromatic heterocycles. The molecule has 0 N–H and O–H groups in total. The van der Waals surface area contributed by atoms with Crippen LogP contribution in [-0.4, -0.2) is 0 Å². The maximum atomic E-state index is 8.66. The first kappa shape index (κ1) is 27.8. The van der Waals surface area contributed by atoms with Gasteiger partial charge in [0.05, 0.1) is 0 Å². The molecule has 1 aliphatic heterocycles. The zero-order valence-corrected chi connectivity index (χ0v) is 27.3. The van der Waals surface area contributed by atoms with Crippen molar-refractivity contribution in [2.75, 3.05) is 0 Å². The average molecular weight is 643 g/mol. The second-order valence-corrected chi connectivity index (χ2v) is 36.5. The van der Waals surface area contributed by atoms with Gasteiger partial charge in [0.25, 0.3) is 0 Å². The Bertz CT molecular complexity index is 1620. The monoisotopic (exact) mass is 642 g/mol. The fourth-order valence-corrected chi connectivity index (χ4v) is 51.5. The number of hydrogen-bond donors (Lipinski definition) is 0. The molecule has 0 amide bonds. The van der Waals surface area contributed by atoms with Crippen LogP contribution in [0.3, 0.4) is 0 Å². The van der Waals surface area contributed by atoms with Gasteiger partial charge < -0.3 is 0 Å². The molecule has 0 radical (unpaired) electrons. The minimum absolute atomic E-state index is 0.825. The van der Waals surface area contributed by atoms with Gasteiger partial charge in [0.2, 0.25) is 0 Å². The topological polar surface area (TPSA) is 9.23 Å². The summed E-state index contributed by atoms with van der Waals surface area (Å²) in [6.07, 6.45) is 0. The van der Waals surface area contributed by atoms with Crippen LogP contribution in [0, 0.1) is 0 Å². The summed E-state index contributed by atoms with van der Waals surface area (Å²) in [5.74, 6) is 1.65. The van der Waals surface area contributed by atoms with Crippen LogP contribution < -0.4 is 36.6 Å². The Labute approximate surface area is 258 Å². The molecule has 6 aromatic rings. The van der Waals surface area contributed by atoms with E-state index in [1.54, 1.807) is 0 Å². The van der Waals surface area contributed by atoms with Gasteiger partial charge in [0.1, 0.15) is 0 Å². The second kappa shape index (κ2) is 11.2. The van der Waals surface area contributed by atoms with Crippen molar-refractivity contribution in [2.45, 2.75) is 0 Å². The molecule has 0 saturated heterocycles. The summed E-state index contributed by atoms with van der Waals surface area (Å²) >= 11 is 17.3. The van der Waals surface area contributed by atoms with Gasteiger partial charge in [-0.25, -0.2) is 0 Å². The molecule has 6 aromatic carbocycles. The molecular weight excluding hydrogens is 612 g/mol. The fourth-order valence-electron chi connectivity index (χ4n) is 6.90. The second-order valence-electron chi connectivity index (χ2n) is 10.6. The molecule has 1 nitrogen and oxygen atoms in total. The number of ether oxygens (including phenoxy) is 1. The van der Waals surface area contributed by atoms with Crippen molar-refractivity contribution in [3.8, 4) is 11.5 Å². The van der Waals surface area contributed by atoms with E-state index in [0.29, 0.717) is 0 Å². The quantitative estimate of drug-likeness (QED) is 0.175. The molecule has 7 rings (SSSR count). The van der Waals surface area contributed by atoms with E-state index in [4.69, 9.17) is 27.2 Å². The van der Waals surface area contributed by atoms with Crippen LogP contribution in [0.2, 0.25) is 0 Å². The van der Waals surface area contributed by atoms with Gasteiger partial charge in [-0.1, -0.05) is 0 Å². The Morgan fingerprint density at radius 2 is 0.595 bits per heavy atom. The Morgan fingerprint density at radius 3 is 0.905 bits per heavy atom. The third kappa shape index (κ3) is 4.03. The number of para-hydroxylation sites is 2. The first-order valence-electron chi connectivity index (χ1n) is 14.1. The maximum absolute atomic E-state index is 8.66. The van der Waals surface area contributed by atoms with Crippen LogP contribution in [0.4, 0.5) is 0 Å². The van der Waals surface area contributed by atoms with Gasteiger partial charge in [0.15, 0.2) is 0 Å². The first-order chi connectivity index (χ1) is 20.6. The molecule has 0 spiro atoms. The summed E-state index contributed by atoms with van der Waals surface area (Å²) in [6, 6.07) is 60.1. The van der Waals surface area contributed by atoms with E-state index in [1.807, 2.05) is 12.1 Å². The predicted octanol–water partition coefficient (Wildman–Crippen LogP) is 8.43. The van der Waals surface area contributed by atoms with Crippen molar-refractivity contribution in [2.24, 2.45) is 0 Å². The van der Waals surface area contributed by atoms with Gasteiger partial charge in [-0.15, -0.1) is 0 Å². The van der Waals surface area contributed by atoms with E-state index in [-0.39, 0.29) is 0 Å². The third-order valence-electron chi connectivity index (χ3n) is 8.57. The van der Waals surface area contributed by atoms with Crippen molar-refractivity contribution >= 4 is 73.6 Å². The van der Waals surface area contributed by atoms with Crippen molar-refractivity contribution in [1.29, 1.82) is 0 Å². The van der Waals surface area contributed by atoms with Crippen molar-refractivity contribution in [3.63, 3.8) is 0 Å². The van der Waals surface area contributed by atoms with Crippen LogP contribution >= 0.6 is 41.7 Å². The number of benzene rings is 6. The third-order valence-corrected chi connectivity index (χ3v) is 45.4. The Hall–Kier alpha value is -3.01. The van der Waals surface area contributed by atoms with Crippen molar-refractivity contribution in [1.82, 2.24) is 0 Å². The molecule has 0 unspecified atom stereocenters. The summed E-state index contributed by atoms with van der Waals surface area (Å²) < 4.78 is 7.05. The van der Waals surface area contributed by atoms with E-state index < -0.39 is 19.2 Å². The zero-order chi connectivity index (χ0) is 28.6. The molecule has 0 saturated carbocycles. The average Bonchev–Trinajstić information content (AvgIpc) is 3.05. The zero-order valence-electron chi connectivity index (χ0n) is 22.8. The first-order valence-corrected chi connectivity index (χ1v) is 24.1. The van der Waals surface area contributed by atoms with Crippen LogP contribution in [0.15, 0.2) is 170 Å². The molecule has 0 atom stereocenters. The summed E-state index contributed by atoms with van der Waals surface area (Å²) in [4.78, 5) is 0. The normalized spacial score (nSPS) is 18.4. The van der Waals surface area contributed by atoms with Crippen LogP contribution in [0.5, 0.6) is 11.5 Å². The Kier molecular flexibility index (Phi) is 7.44.